The Morgan fingerprint density at radius 1 is 1.50 bits per heavy atom. The van der Waals surface area contributed by atoms with Gasteiger partial charge in [0.15, 0.2) is 0 Å². The van der Waals surface area contributed by atoms with Crippen molar-refractivity contribution < 1.29 is 9.53 Å². The van der Waals surface area contributed by atoms with Gasteiger partial charge in [0.05, 0.1) is 29.8 Å². The number of carbonyl (C=O) groups excluding carboxylic acids is 1. The monoisotopic (exact) mass is 283 g/mol. The van der Waals surface area contributed by atoms with Crippen LogP contribution in [-0.4, -0.2) is 39.9 Å². The average Bonchev–Trinajstić information content (AvgIpc) is 2.84. The second-order valence-corrected chi connectivity index (χ2v) is 5.16. The second-order valence-electron chi connectivity index (χ2n) is 3.53. The predicted molar refractivity (Wildman–Crippen MR) is 75.2 cm³/mol. The standard InChI is InChI=1S/C11H13N3O2S2/c1-16-5-6-17-7-10(15)12-8-3-2-4-9-11(8)14-18-13-9/h2-4H,5-7H2,1H3,(H,12,15). The summed E-state index contributed by atoms with van der Waals surface area (Å²) in [7, 11) is 1.65. The van der Waals surface area contributed by atoms with Gasteiger partial charge in [-0.2, -0.15) is 8.75 Å². The molecule has 18 heavy (non-hydrogen) atoms. The summed E-state index contributed by atoms with van der Waals surface area (Å²) in [4.78, 5) is 11.7. The van der Waals surface area contributed by atoms with Gasteiger partial charge in [0.2, 0.25) is 5.91 Å². The number of thioether (sulfide) groups is 1. The van der Waals surface area contributed by atoms with Crippen molar-refractivity contribution in [1.82, 2.24) is 8.75 Å². The van der Waals surface area contributed by atoms with Gasteiger partial charge in [-0.05, 0) is 12.1 Å². The number of nitrogens with zero attached hydrogens (tertiary/aromatic N) is 2. The van der Waals surface area contributed by atoms with Gasteiger partial charge in [-0.25, -0.2) is 0 Å². The third kappa shape index (κ3) is 3.41. The summed E-state index contributed by atoms with van der Waals surface area (Å²) in [5.74, 6) is 1.19. The summed E-state index contributed by atoms with van der Waals surface area (Å²) in [5, 5.41) is 2.85. The van der Waals surface area contributed by atoms with Gasteiger partial charge in [0, 0.05) is 12.9 Å². The maximum atomic E-state index is 11.7. The molecule has 0 fully saturated rings. The van der Waals surface area contributed by atoms with Crippen LogP contribution in [0.4, 0.5) is 5.69 Å². The third-order valence-electron chi connectivity index (χ3n) is 2.23. The number of hydrogen-bond acceptors (Lipinski definition) is 6. The number of nitrogens with one attached hydrogen (secondary N) is 1. The highest BCUT2D eigenvalue weighted by molar-refractivity contribution is 7.99. The molecule has 2 aromatic rings. The molecule has 0 atom stereocenters. The van der Waals surface area contributed by atoms with Crippen LogP contribution in [0.25, 0.3) is 11.0 Å². The van der Waals surface area contributed by atoms with Crippen LogP contribution >= 0.6 is 23.5 Å². The molecule has 2 rings (SSSR count). The number of rotatable bonds is 6. The molecule has 0 aliphatic heterocycles. The lowest BCUT2D eigenvalue weighted by Gasteiger charge is -2.05. The van der Waals surface area contributed by atoms with Crippen LogP contribution in [0.5, 0.6) is 0 Å². The molecule has 0 aliphatic rings. The summed E-state index contributed by atoms with van der Waals surface area (Å²) >= 11 is 2.69. The highest BCUT2D eigenvalue weighted by atomic mass is 32.2. The molecule has 96 valence electrons. The van der Waals surface area contributed by atoms with Crippen LogP contribution in [0.15, 0.2) is 18.2 Å². The molecule has 1 amide bonds. The SMILES string of the molecule is COCCSCC(=O)Nc1cccc2nsnc12. The molecule has 1 N–H and O–H groups in total. The molecule has 0 unspecified atom stereocenters. The van der Waals surface area contributed by atoms with Crippen LogP contribution < -0.4 is 5.32 Å². The Labute approximate surface area is 113 Å². The van der Waals surface area contributed by atoms with Crippen LogP contribution in [0, 0.1) is 0 Å². The number of benzene rings is 1. The maximum absolute atomic E-state index is 11.7. The molecule has 1 aromatic carbocycles. The van der Waals surface area contributed by atoms with E-state index in [1.165, 1.54) is 0 Å². The first-order chi connectivity index (χ1) is 8.81. The van der Waals surface area contributed by atoms with E-state index in [0.717, 1.165) is 34.2 Å². The molecule has 1 aromatic heterocycles. The topological polar surface area (TPSA) is 64.1 Å². The fraction of sp³-hybridized carbons (Fsp3) is 0.364. The molecule has 0 aliphatic carbocycles. The van der Waals surface area contributed by atoms with Crippen molar-refractivity contribution in [3.63, 3.8) is 0 Å². The van der Waals surface area contributed by atoms with Crippen LogP contribution in [-0.2, 0) is 9.53 Å². The molecule has 0 radical (unpaired) electrons. The summed E-state index contributed by atoms with van der Waals surface area (Å²) in [6.45, 7) is 0.656. The van der Waals surface area contributed by atoms with Crippen molar-refractivity contribution in [1.29, 1.82) is 0 Å². The Bertz CT molecular complexity index is 530. The molecule has 0 saturated heterocycles. The molecule has 0 saturated carbocycles. The van der Waals surface area contributed by atoms with E-state index >= 15 is 0 Å². The molecular weight excluding hydrogens is 270 g/mol. The Hall–Kier alpha value is -1.18. The smallest absolute Gasteiger partial charge is 0.234 e. The normalized spacial score (nSPS) is 10.7. The lowest BCUT2D eigenvalue weighted by molar-refractivity contribution is -0.113. The summed E-state index contributed by atoms with van der Waals surface area (Å²) < 4.78 is 13.2. The fourth-order valence-corrected chi connectivity index (χ4v) is 2.64. The van der Waals surface area contributed by atoms with Crippen LogP contribution in [0.1, 0.15) is 0 Å². The quantitative estimate of drug-likeness (QED) is 0.822. The van der Waals surface area contributed by atoms with E-state index < -0.39 is 0 Å². The minimum Gasteiger partial charge on any atom is -0.384 e. The number of carbonyl (C=O) groups is 1. The summed E-state index contributed by atoms with van der Waals surface area (Å²) in [5.41, 5.74) is 2.28. The Kier molecular flexibility index (Phi) is 4.91. The first-order valence-electron chi connectivity index (χ1n) is 5.39. The largest absolute Gasteiger partial charge is 0.384 e. The van der Waals surface area contributed by atoms with Crippen molar-refractivity contribution >= 4 is 46.1 Å². The van der Waals surface area contributed by atoms with E-state index in [9.17, 15) is 4.79 Å². The van der Waals surface area contributed by atoms with Crippen LogP contribution in [0.3, 0.4) is 0 Å². The minimum atomic E-state index is -0.0309. The van der Waals surface area contributed by atoms with Gasteiger partial charge in [-0.3, -0.25) is 4.79 Å². The van der Waals surface area contributed by atoms with Gasteiger partial charge in [0.25, 0.3) is 0 Å². The van der Waals surface area contributed by atoms with Crippen molar-refractivity contribution in [2.75, 3.05) is 30.5 Å². The van der Waals surface area contributed by atoms with E-state index in [-0.39, 0.29) is 5.91 Å². The molecule has 0 bridgehead atoms. The number of aromatic nitrogens is 2. The Morgan fingerprint density at radius 3 is 3.22 bits per heavy atom. The minimum absolute atomic E-state index is 0.0309. The van der Waals surface area contributed by atoms with Gasteiger partial charge in [-0.15, -0.1) is 11.8 Å². The number of methoxy groups -OCH3 is 1. The summed E-state index contributed by atoms with van der Waals surface area (Å²) in [6.07, 6.45) is 0. The number of fused-ring (bicyclic) bond motifs is 1. The van der Waals surface area contributed by atoms with E-state index in [4.69, 9.17) is 4.74 Å². The lowest BCUT2D eigenvalue weighted by Crippen LogP contribution is -2.15. The maximum Gasteiger partial charge on any atom is 0.234 e. The van der Waals surface area contributed by atoms with E-state index in [0.29, 0.717) is 12.4 Å². The van der Waals surface area contributed by atoms with Crippen molar-refractivity contribution in [2.45, 2.75) is 0 Å². The number of ether oxygens (including phenoxy) is 1. The molecule has 0 spiro atoms. The van der Waals surface area contributed by atoms with Crippen molar-refractivity contribution in [2.24, 2.45) is 0 Å². The first-order valence-corrected chi connectivity index (χ1v) is 7.27. The van der Waals surface area contributed by atoms with E-state index in [2.05, 4.69) is 14.1 Å². The lowest BCUT2D eigenvalue weighted by atomic mass is 10.2. The summed E-state index contributed by atoms with van der Waals surface area (Å²) in [6, 6.07) is 5.57. The Balaban J connectivity index is 1.92. The number of hydrogen-bond donors (Lipinski definition) is 1. The zero-order valence-electron chi connectivity index (χ0n) is 9.88. The average molecular weight is 283 g/mol. The third-order valence-corrected chi connectivity index (χ3v) is 3.69. The molecular formula is C11H13N3O2S2. The highest BCUT2D eigenvalue weighted by Gasteiger charge is 2.08. The molecule has 7 heteroatoms. The van der Waals surface area contributed by atoms with E-state index in [1.54, 1.807) is 18.9 Å². The zero-order chi connectivity index (χ0) is 12.8. The van der Waals surface area contributed by atoms with Gasteiger partial charge in [-0.1, -0.05) is 6.07 Å². The highest BCUT2D eigenvalue weighted by Crippen LogP contribution is 2.21. The predicted octanol–water partition coefficient (Wildman–Crippen LogP) is 2.01. The van der Waals surface area contributed by atoms with Crippen molar-refractivity contribution in [3.8, 4) is 0 Å². The number of amides is 1. The van der Waals surface area contributed by atoms with Gasteiger partial charge < -0.3 is 10.1 Å². The number of anilines is 1. The van der Waals surface area contributed by atoms with Gasteiger partial charge in [0.1, 0.15) is 11.0 Å². The van der Waals surface area contributed by atoms with Crippen LogP contribution in [0.2, 0.25) is 0 Å². The van der Waals surface area contributed by atoms with E-state index in [1.807, 2.05) is 18.2 Å². The first kappa shape index (κ1) is 13.3. The fourth-order valence-electron chi connectivity index (χ4n) is 1.40. The van der Waals surface area contributed by atoms with Gasteiger partial charge >= 0.3 is 0 Å². The zero-order valence-corrected chi connectivity index (χ0v) is 11.5. The molecule has 5 nitrogen and oxygen atoms in total. The molecule has 1 heterocycles. The Morgan fingerprint density at radius 2 is 2.39 bits per heavy atom. The second kappa shape index (κ2) is 6.67. The van der Waals surface area contributed by atoms with Crippen molar-refractivity contribution in [3.05, 3.63) is 18.2 Å².